The predicted molar refractivity (Wildman–Crippen MR) is 65.6 cm³/mol. The van der Waals surface area contributed by atoms with E-state index in [1.54, 1.807) is 0 Å². The van der Waals surface area contributed by atoms with E-state index in [0.29, 0.717) is 0 Å². The van der Waals surface area contributed by atoms with E-state index in [0.717, 1.165) is 24.3 Å². The minimum Gasteiger partial charge on any atom is -0.317 e. The largest absolute Gasteiger partial charge is 0.317 e. The highest BCUT2D eigenvalue weighted by atomic mass is 14.8. The second-order valence-corrected chi connectivity index (χ2v) is 4.77. The average molecular weight is 199 g/mol. The van der Waals surface area contributed by atoms with Crippen LogP contribution in [0.15, 0.2) is 0 Å². The SMILES string of the molecule is CCNCC(CC(C)C)C(CC)CC. The Labute approximate surface area is 90.7 Å². The molecule has 0 aliphatic carbocycles. The van der Waals surface area contributed by atoms with Gasteiger partial charge in [0.2, 0.25) is 0 Å². The van der Waals surface area contributed by atoms with Crippen molar-refractivity contribution in [2.24, 2.45) is 17.8 Å². The smallest absolute Gasteiger partial charge is 0.00179 e. The maximum absolute atomic E-state index is 3.50. The van der Waals surface area contributed by atoms with E-state index in [2.05, 4.69) is 39.9 Å². The summed E-state index contributed by atoms with van der Waals surface area (Å²) in [6.45, 7) is 13.8. The molecule has 0 bridgehead atoms. The predicted octanol–water partition coefficient (Wildman–Crippen LogP) is 3.69. The van der Waals surface area contributed by atoms with Crippen LogP contribution in [0.5, 0.6) is 0 Å². The van der Waals surface area contributed by atoms with Crippen molar-refractivity contribution in [1.29, 1.82) is 0 Å². The second kappa shape index (κ2) is 8.28. The number of rotatable bonds is 8. The molecular formula is C13H29N. The third-order valence-electron chi connectivity index (χ3n) is 3.15. The van der Waals surface area contributed by atoms with Gasteiger partial charge in [-0.05, 0) is 37.3 Å². The van der Waals surface area contributed by atoms with E-state index in [1.165, 1.54) is 25.8 Å². The zero-order valence-electron chi connectivity index (χ0n) is 10.8. The first kappa shape index (κ1) is 14.0. The van der Waals surface area contributed by atoms with E-state index in [1.807, 2.05) is 0 Å². The monoisotopic (exact) mass is 199 g/mol. The molecule has 0 saturated carbocycles. The molecule has 14 heavy (non-hydrogen) atoms. The summed E-state index contributed by atoms with van der Waals surface area (Å²) in [5, 5.41) is 3.50. The van der Waals surface area contributed by atoms with Crippen LogP contribution in [0.25, 0.3) is 0 Å². The molecule has 0 saturated heterocycles. The summed E-state index contributed by atoms with van der Waals surface area (Å²) in [4.78, 5) is 0. The lowest BCUT2D eigenvalue weighted by molar-refractivity contribution is 0.258. The minimum absolute atomic E-state index is 0.833. The third-order valence-corrected chi connectivity index (χ3v) is 3.15. The van der Waals surface area contributed by atoms with E-state index in [-0.39, 0.29) is 0 Å². The molecule has 1 unspecified atom stereocenters. The number of hydrogen-bond acceptors (Lipinski definition) is 1. The molecule has 1 heteroatoms. The van der Waals surface area contributed by atoms with Crippen molar-refractivity contribution in [2.45, 2.75) is 53.9 Å². The molecule has 0 rings (SSSR count). The lowest BCUT2D eigenvalue weighted by atomic mass is 9.82. The van der Waals surface area contributed by atoms with Crippen molar-refractivity contribution in [1.82, 2.24) is 5.32 Å². The van der Waals surface area contributed by atoms with Gasteiger partial charge in [0, 0.05) is 0 Å². The van der Waals surface area contributed by atoms with Crippen molar-refractivity contribution in [3.63, 3.8) is 0 Å². The second-order valence-electron chi connectivity index (χ2n) is 4.77. The molecule has 1 N–H and O–H groups in total. The fourth-order valence-electron chi connectivity index (χ4n) is 2.33. The van der Waals surface area contributed by atoms with Gasteiger partial charge < -0.3 is 5.32 Å². The molecule has 0 amide bonds. The Bertz CT molecular complexity index is 116. The summed E-state index contributed by atoms with van der Waals surface area (Å²) < 4.78 is 0. The van der Waals surface area contributed by atoms with Crippen molar-refractivity contribution < 1.29 is 0 Å². The number of hydrogen-bond donors (Lipinski definition) is 1. The van der Waals surface area contributed by atoms with Crippen LogP contribution in [0.2, 0.25) is 0 Å². The molecular weight excluding hydrogens is 170 g/mol. The molecule has 0 heterocycles. The lowest BCUT2D eigenvalue weighted by Crippen LogP contribution is -2.29. The summed E-state index contributed by atoms with van der Waals surface area (Å²) in [5.74, 6) is 2.63. The Kier molecular flexibility index (Phi) is 8.26. The molecule has 0 aromatic rings. The molecule has 1 atom stereocenters. The quantitative estimate of drug-likeness (QED) is 0.628. The van der Waals surface area contributed by atoms with Crippen LogP contribution >= 0.6 is 0 Å². The van der Waals surface area contributed by atoms with Crippen molar-refractivity contribution in [3.05, 3.63) is 0 Å². The van der Waals surface area contributed by atoms with Gasteiger partial charge in [-0.1, -0.05) is 47.5 Å². The van der Waals surface area contributed by atoms with Crippen LogP contribution < -0.4 is 5.32 Å². The Morgan fingerprint density at radius 2 is 1.50 bits per heavy atom. The van der Waals surface area contributed by atoms with Crippen molar-refractivity contribution in [2.75, 3.05) is 13.1 Å². The maximum Gasteiger partial charge on any atom is -0.00179 e. The minimum atomic E-state index is 0.833. The fourth-order valence-corrected chi connectivity index (χ4v) is 2.33. The summed E-state index contributed by atoms with van der Waals surface area (Å²) >= 11 is 0. The van der Waals surface area contributed by atoms with Crippen molar-refractivity contribution >= 4 is 0 Å². The van der Waals surface area contributed by atoms with Gasteiger partial charge in [0.15, 0.2) is 0 Å². The molecule has 0 fully saturated rings. The summed E-state index contributed by atoms with van der Waals surface area (Å²) in [5.41, 5.74) is 0. The van der Waals surface area contributed by atoms with Crippen LogP contribution in [-0.4, -0.2) is 13.1 Å². The topological polar surface area (TPSA) is 12.0 Å². The van der Waals surface area contributed by atoms with Gasteiger partial charge in [-0.15, -0.1) is 0 Å². The Hall–Kier alpha value is -0.0400. The first-order valence-corrected chi connectivity index (χ1v) is 6.36. The third kappa shape index (κ3) is 5.64. The number of nitrogens with one attached hydrogen (secondary N) is 1. The van der Waals surface area contributed by atoms with Gasteiger partial charge in [0.05, 0.1) is 0 Å². The van der Waals surface area contributed by atoms with Crippen LogP contribution in [0.4, 0.5) is 0 Å². The standard InChI is InChI=1S/C13H29N/c1-6-12(7-2)13(9-11(4)5)10-14-8-3/h11-14H,6-10H2,1-5H3. The first-order valence-electron chi connectivity index (χ1n) is 6.36. The molecule has 0 spiro atoms. The van der Waals surface area contributed by atoms with Gasteiger partial charge in [-0.3, -0.25) is 0 Å². The van der Waals surface area contributed by atoms with E-state index < -0.39 is 0 Å². The van der Waals surface area contributed by atoms with E-state index >= 15 is 0 Å². The normalized spacial score (nSPS) is 13.9. The molecule has 0 aromatic heterocycles. The summed E-state index contributed by atoms with van der Waals surface area (Å²) in [6, 6.07) is 0. The van der Waals surface area contributed by atoms with Gasteiger partial charge in [-0.2, -0.15) is 0 Å². The van der Waals surface area contributed by atoms with Gasteiger partial charge in [0.25, 0.3) is 0 Å². The zero-order chi connectivity index (χ0) is 11.0. The molecule has 86 valence electrons. The summed E-state index contributed by atoms with van der Waals surface area (Å²) in [6.07, 6.45) is 4.04. The van der Waals surface area contributed by atoms with Gasteiger partial charge >= 0.3 is 0 Å². The molecule has 0 aromatic carbocycles. The summed E-state index contributed by atoms with van der Waals surface area (Å²) in [7, 11) is 0. The fraction of sp³-hybridized carbons (Fsp3) is 1.00. The van der Waals surface area contributed by atoms with Crippen LogP contribution in [-0.2, 0) is 0 Å². The Morgan fingerprint density at radius 3 is 1.86 bits per heavy atom. The lowest BCUT2D eigenvalue weighted by Gasteiger charge is -2.27. The van der Waals surface area contributed by atoms with Crippen LogP contribution in [0.1, 0.15) is 53.9 Å². The average Bonchev–Trinajstić information content (AvgIpc) is 2.15. The zero-order valence-corrected chi connectivity index (χ0v) is 10.8. The van der Waals surface area contributed by atoms with Crippen molar-refractivity contribution in [3.8, 4) is 0 Å². The molecule has 1 nitrogen and oxygen atoms in total. The van der Waals surface area contributed by atoms with Crippen LogP contribution in [0, 0.1) is 17.8 Å². The van der Waals surface area contributed by atoms with Gasteiger partial charge in [0.1, 0.15) is 0 Å². The van der Waals surface area contributed by atoms with Crippen LogP contribution in [0.3, 0.4) is 0 Å². The molecule has 0 radical (unpaired) electrons. The van der Waals surface area contributed by atoms with E-state index in [4.69, 9.17) is 0 Å². The highest BCUT2D eigenvalue weighted by molar-refractivity contribution is 4.71. The Morgan fingerprint density at radius 1 is 0.929 bits per heavy atom. The van der Waals surface area contributed by atoms with E-state index in [9.17, 15) is 0 Å². The molecule has 0 aliphatic rings. The van der Waals surface area contributed by atoms with Gasteiger partial charge in [-0.25, -0.2) is 0 Å². The first-order chi connectivity index (χ1) is 6.65. The Balaban J connectivity index is 4.06. The molecule has 0 aliphatic heterocycles. The maximum atomic E-state index is 3.50. The highest BCUT2D eigenvalue weighted by Crippen LogP contribution is 2.25. The highest BCUT2D eigenvalue weighted by Gasteiger charge is 2.18.